The fraction of sp³-hybridized carbons (Fsp3) is 0.536. The highest BCUT2D eigenvalue weighted by Crippen LogP contribution is 2.26. The van der Waals surface area contributed by atoms with E-state index in [0.29, 0.717) is 12.3 Å². The fourth-order valence-electron chi connectivity index (χ4n) is 4.05. The van der Waals surface area contributed by atoms with E-state index in [4.69, 9.17) is 15.9 Å². The molecule has 0 fully saturated rings. The molecule has 0 unspecified atom stereocenters. The number of rotatable bonds is 15. The number of aromatic nitrogens is 1. The standard InChI is InChI=1S/C28H42N6O5/c1-6-17(4)23(34-24(35)18(5)20-11-9-19(10-12-20)14-16(2)3)26-33-22(15-39-26)25(36)32-21(27(37)38)8-7-13-31-28(29)30/h9-12,15-18,21,23H,6-8,13-14H2,1-5H3,(H,32,36)(H,34,35)(H,37,38)(H4,29,30,31)/t17-,18-,21-,23-/m0/s1. The summed E-state index contributed by atoms with van der Waals surface area (Å²) >= 11 is 0. The number of aliphatic carboxylic acids is 1. The fourth-order valence-corrected chi connectivity index (χ4v) is 4.05. The summed E-state index contributed by atoms with van der Waals surface area (Å²) in [5.74, 6) is -1.86. The topological polar surface area (TPSA) is 186 Å². The highest BCUT2D eigenvalue weighted by Gasteiger charge is 2.29. The Morgan fingerprint density at radius 1 is 1.08 bits per heavy atom. The van der Waals surface area contributed by atoms with E-state index in [1.54, 1.807) is 0 Å². The number of carbonyl (C=O) groups is 3. The van der Waals surface area contributed by atoms with Gasteiger partial charge in [0, 0.05) is 6.54 Å². The van der Waals surface area contributed by atoms with Gasteiger partial charge >= 0.3 is 5.97 Å². The predicted octanol–water partition coefficient (Wildman–Crippen LogP) is 3.12. The number of amides is 2. The molecule has 0 saturated heterocycles. The van der Waals surface area contributed by atoms with Gasteiger partial charge < -0.3 is 31.6 Å². The molecular weight excluding hydrogens is 500 g/mol. The Morgan fingerprint density at radius 3 is 2.31 bits per heavy atom. The molecule has 0 radical (unpaired) electrons. The van der Waals surface area contributed by atoms with Crippen molar-refractivity contribution in [1.82, 2.24) is 15.6 Å². The number of hydrogen-bond acceptors (Lipinski definition) is 6. The summed E-state index contributed by atoms with van der Waals surface area (Å²) in [7, 11) is 0. The first-order chi connectivity index (χ1) is 18.4. The molecule has 1 aromatic heterocycles. The molecule has 1 heterocycles. The third-order valence-electron chi connectivity index (χ3n) is 6.60. The zero-order chi connectivity index (χ0) is 29.1. The van der Waals surface area contributed by atoms with Gasteiger partial charge in [-0.15, -0.1) is 0 Å². The molecule has 0 aliphatic carbocycles. The first-order valence-electron chi connectivity index (χ1n) is 13.4. The second-order valence-electron chi connectivity index (χ2n) is 10.3. The van der Waals surface area contributed by atoms with Crippen molar-refractivity contribution in [1.29, 1.82) is 0 Å². The number of carbonyl (C=O) groups excluding carboxylic acids is 2. The lowest BCUT2D eigenvalue weighted by Gasteiger charge is -2.23. The SMILES string of the molecule is CC[C@H](C)[C@H](NC(=O)[C@@H](C)c1ccc(CC(C)C)cc1)c1nc(C(=O)N[C@@H](CCCN=C(N)N)C(=O)O)co1. The van der Waals surface area contributed by atoms with Gasteiger partial charge in [0.1, 0.15) is 18.3 Å². The Balaban J connectivity index is 2.10. The Kier molecular flexibility index (Phi) is 12.0. The van der Waals surface area contributed by atoms with E-state index >= 15 is 0 Å². The number of hydrogen-bond donors (Lipinski definition) is 5. The van der Waals surface area contributed by atoms with Gasteiger partial charge in [-0.25, -0.2) is 9.78 Å². The number of nitrogens with zero attached hydrogens (tertiary/aromatic N) is 2. The van der Waals surface area contributed by atoms with Gasteiger partial charge in [0.25, 0.3) is 5.91 Å². The van der Waals surface area contributed by atoms with Crippen LogP contribution in [0.4, 0.5) is 0 Å². The van der Waals surface area contributed by atoms with Crippen LogP contribution in [0.2, 0.25) is 0 Å². The van der Waals surface area contributed by atoms with Crippen LogP contribution in [0.5, 0.6) is 0 Å². The van der Waals surface area contributed by atoms with Crippen LogP contribution in [0.25, 0.3) is 0 Å². The largest absolute Gasteiger partial charge is 0.480 e. The summed E-state index contributed by atoms with van der Waals surface area (Å²) in [5.41, 5.74) is 12.6. The van der Waals surface area contributed by atoms with Gasteiger partial charge in [-0.3, -0.25) is 14.6 Å². The van der Waals surface area contributed by atoms with Crippen LogP contribution in [0, 0.1) is 11.8 Å². The number of aliphatic imine (C=N–C) groups is 1. The molecule has 11 nitrogen and oxygen atoms in total. The monoisotopic (exact) mass is 542 g/mol. The summed E-state index contributed by atoms with van der Waals surface area (Å²) in [5, 5.41) is 15.0. The molecule has 1 aromatic carbocycles. The molecule has 0 saturated carbocycles. The van der Waals surface area contributed by atoms with Crippen molar-refractivity contribution in [2.45, 2.75) is 78.3 Å². The second kappa shape index (κ2) is 14.9. The summed E-state index contributed by atoms with van der Waals surface area (Å²) in [4.78, 5) is 45.6. The molecular formula is C28H42N6O5. The van der Waals surface area contributed by atoms with Crippen LogP contribution < -0.4 is 22.1 Å². The van der Waals surface area contributed by atoms with E-state index in [2.05, 4.69) is 46.6 Å². The van der Waals surface area contributed by atoms with E-state index in [-0.39, 0.29) is 42.3 Å². The lowest BCUT2D eigenvalue weighted by Crippen LogP contribution is -2.41. The van der Waals surface area contributed by atoms with Crippen molar-refractivity contribution in [3.63, 3.8) is 0 Å². The maximum Gasteiger partial charge on any atom is 0.326 e. The van der Waals surface area contributed by atoms with E-state index in [1.165, 1.54) is 11.8 Å². The maximum absolute atomic E-state index is 13.2. The number of guanidine groups is 1. The van der Waals surface area contributed by atoms with E-state index in [1.807, 2.05) is 32.9 Å². The molecule has 0 spiro atoms. The number of benzene rings is 1. The minimum Gasteiger partial charge on any atom is -0.480 e. The van der Waals surface area contributed by atoms with Crippen molar-refractivity contribution in [3.8, 4) is 0 Å². The zero-order valence-electron chi connectivity index (χ0n) is 23.4. The average molecular weight is 543 g/mol. The molecule has 11 heteroatoms. The van der Waals surface area contributed by atoms with Crippen LogP contribution in [-0.4, -0.2) is 46.4 Å². The molecule has 0 bridgehead atoms. The number of carboxylic acids is 1. The maximum atomic E-state index is 13.2. The van der Waals surface area contributed by atoms with E-state index in [0.717, 1.165) is 18.4 Å². The van der Waals surface area contributed by atoms with Gasteiger partial charge in [-0.05, 0) is 49.1 Å². The molecule has 2 aromatic rings. The van der Waals surface area contributed by atoms with Crippen LogP contribution >= 0.6 is 0 Å². The van der Waals surface area contributed by atoms with Crippen LogP contribution in [0.15, 0.2) is 39.9 Å². The zero-order valence-corrected chi connectivity index (χ0v) is 23.4. The Bertz CT molecular complexity index is 1120. The quantitative estimate of drug-likeness (QED) is 0.129. The molecule has 214 valence electrons. The Hall–Kier alpha value is -3.89. The summed E-state index contributed by atoms with van der Waals surface area (Å²) in [6.45, 7) is 10.4. The van der Waals surface area contributed by atoms with Gasteiger partial charge in [0.05, 0.1) is 5.92 Å². The third kappa shape index (κ3) is 9.73. The van der Waals surface area contributed by atoms with Crippen molar-refractivity contribution in [3.05, 3.63) is 53.2 Å². The molecule has 39 heavy (non-hydrogen) atoms. The molecule has 2 rings (SSSR count). The van der Waals surface area contributed by atoms with E-state index in [9.17, 15) is 19.5 Å². The van der Waals surface area contributed by atoms with Crippen molar-refractivity contribution in [2.75, 3.05) is 6.54 Å². The lowest BCUT2D eigenvalue weighted by atomic mass is 9.94. The van der Waals surface area contributed by atoms with E-state index < -0.39 is 29.9 Å². The highest BCUT2D eigenvalue weighted by molar-refractivity contribution is 5.94. The van der Waals surface area contributed by atoms with Gasteiger partial charge in [0.15, 0.2) is 11.7 Å². The molecule has 4 atom stereocenters. The number of nitrogens with two attached hydrogens (primary N) is 2. The predicted molar refractivity (Wildman–Crippen MR) is 149 cm³/mol. The minimum absolute atomic E-state index is 0.0357. The lowest BCUT2D eigenvalue weighted by molar-refractivity contribution is -0.139. The smallest absolute Gasteiger partial charge is 0.326 e. The first kappa shape index (κ1) is 31.3. The van der Waals surface area contributed by atoms with Gasteiger partial charge in [0.2, 0.25) is 11.8 Å². The normalized spacial score (nSPS) is 14.2. The number of oxazole rings is 1. The van der Waals surface area contributed by atoms with Crippen molar-refractivity contribution in [2.24, 2.45) is 28.3 Å². The average Bonchev–Trinajstić information content (AvgIpc) is 3.38. The van der Waals surface area contributed by atoms with Crippen LogP contribution in [-0.2, 0) is 16.0 Å². The molecule has 0 aliphatic rings. The minimum atomic E-state index is -1.19. The summed E-state index contributed by atoms with van der Waals surface area (Å²) in [6, 6.07) is 6.34. The summed E-state index contributed by atoms with van der Waals surface area (Å²) < 4.78 is 5.60. The van der Waals surface area contributed by atoms with Gasteiger partial charge in [-0.2, -0.15) is 0 Å². The number of carboxylic acid groups (broad SMARTS) is 1. The first-order valence-corrected chi connectivity index (χ1v) is 13.4. The highest BCUT2D eigenvalue weighted by atomic mass is 16.4. The van der Waals surface area contributed by atoms with Crippen molar-refractivity contribution >= 4 is 23.7 Å². The Labute approximate surface area is 229 Å². The Morgan fingerprint density at radius 2 is 1.74 bits per heavy atom. The van der Waals surface area contributed by atoms with Crippen molar-refractivity contribution < 1.29 is 23.9 Å². The number of nitrogens with one attached hydrogen (secondary N) is 2. The molecule has 7 N–H and O–H groups in total. The third-order valence-corrected chi connectivity index (χ3v) is 6.60. The summed E-state index contributed by atoms with van der Waals surface area (Å²) in [6.07, 6.45) is 3.36. The molecule has 0 aliphatic heterocycles. The van der Waals surface area contributed by atoms with Gasteiger partial charge in [-0.1, -0.05) is 58.4 Å². The second-order valence-corrected chi connectivity index (χ2v) is 10.3. The molecule has 2 amide bonds. The van der Waals surface area contributed by atoms with Crippen LogP contribution in [0.1, 0.15) is 93.3 Å². The van der Waals surface area contributed by atoms with Crippen LogP contribution in [0.3, 0.4) is 0 Å².